The summed E-state index contributed by atoms with van der Waals surface area (Å²) < 4.78 is 3.67. The summed E-state index contributed by atoms with van der Waals surface area (Å²) in [7, 11) is 1.87. The summed E-state index contributed by atoms with van der Waals surface area (Å²) in [6.45, 7) is 7.80. The van der Waals surface area contributed by atoms with E-state index in [0.29, 0.717) is 0 Å². The molecule has 2 aromatic rings. The van der Waals surface area contributed by atoms with Crippen LogP contribution in [-0.4, -0.2) is 37.6 Å². The van der Waals surface area contributed by atoms with Crippen LogP contribution in [0.2, 0.25) is 5.15 Å². The van der Waals surface area contributed by atoms with Crippen LogP contribution in [0, 0.1) is 6.92 Å². The number of hydrogen-bond acceptors (Lipinski definition) is 3. The van der Waals surface area contributed by atoms with Crippen molar-refractivity contribution in [2.75, 3.05) is 13.1 Å². The maximum absolute atomic E-state index is 6.27. The maximum Gasteiger partial charge on any atom is 0.131 e. The first kappa shape index (κ1) is 14.1. The molecule has 2 rings (SSSR count). The zero-order valence-corrected chi connectivity index (χ0v) is 12.4. The van der Waals surface area contributed by atoms with Crippen molar-refractivity contribution in [3.8, 4) is 0 Å². The largest absolute Gasteiger partial charge is 0.297 e. The molecule has 2 aromatic heterocycles. The SMILES string of the molecule is CCN(CCn1cccn1)Cc1c(C)nn(C)c1Cl. The van der Waals surface area contributed by atoms with Crippen molar-refractivity contribution in [3.05, 3.63) is 34.9 Å². The average Bonchev–Trinajstić information content (AvgIpc) is 2.98. The Bertz CT molecular complexity index is 517. The Hall–Kier alpha value is -1.33. The van der Waals surface area contributed by atoms with Gasteiger partial charge in [-0.25, -0.2) is 0 Å². The second-order valence-corrected chi connectivity index (χ2v) is 4.97. The van der Waals surface area contributed by atoms with Gasteiger partial charge in [-0.3, -0.25) is 14.3 Å². The van der Waals surface area contributed by atoms with E-state index in [2.05, 4.69) is 22.0 Å². The van der Waals surface area contributed by atoms with Crippen molar-refractivity contribution in [3.63, 3.8) is 0 Å². The molecule has 0 saturated carbocycles. The smallest absolute Gasteiger partial charge is 0.131 e. The fourth-order valence-corrected chi connectivity index (χ4v) is 2.34. The van der Waals surface area contributed by atoms with Crippen molar-refractivity contribution >= 4 is 11.6 Å². The predicted octanol–water partition coefficient (Wildman–Crippen LogP) is 2.10. The van der Waals surface area contributed by atoms with Crippen LogP contribution in [0.15, 0.2) is 18.5 Å². The second-order valence-electron chi connectivity index (χ2n) is 4.62. The lowest BCUT2D eigenvalue weighted by Crippen LogP contribution is -2.27. The minimum Gasteiger partial charge on any atom is -0.297 e. The van der Waals surface area contributed by atoms with Gasteiger partial charge in [-0.05, 0) is 19.5 Å². The molecule has 0 atom stereocenters. The van der Waals surface area contributed by atoms with Gasteiger partial charge in [-0.1, -0.05) is 18.5 Å². The molecular weight excluding hydrogens is 262 g/mol. The van der Waals surface area contributed by atoms with Gasteiger partial charge in [0.25, 0.3) is 0 Å². The first-order valence-corrected chi connectivity index (χ1v) is 6.87. The molecule has 0 radical (unpaired) electrons. The van der Waals surface area contributed by atoms with E-state index in [1.165, 1.54) is 0 Å². The summed E-state index contributed by atoms with van der Waals surface area (Å²) in [6, 6.07) is 1.94. The predicted molar refractivity (Wildman–Crippen MR) is 76.1 cm³/mol. The van der Waals surface area contributed by atoms with Crippen molar-refractivity contribution in [1.29, 1.82) is 0 Å². The molecule has 6 heteroatoms. The topological polar surface area (TPSA) is 38.9 Å². The van der Waals surface area contributed by atoms with E-state index in [9.17, 15) is 0 Å². The minimum atomic E-state index is 0.732. The summed E-state index contributed by atoms with van der Waals surface area (Å²) in [5, 5.41) is 9.30. The molecule has 0 aliphatic heterocycles. The van der Waals surface area contributed by atoms with Crippen LogP contribution in [-0.2, 0) is 20.1 Å². The number of nitrogens with zero attached hydrogens (tertiary/aromatic N) is 5. The molecule has 0 bridgehead atoms. The summed E-state index contributed by atoms with van der Waals surface area (Å²) >= 11 is 6.27. The molecular formula is C13H20ClN5. The molecule has 0 fully saturated rings. The normalized spacial score (nSPS) is 11.4. The van der Waals surface area contributed by atoms with Gasteiger partial charge in [0.2, 0.25) is 0 Å². The van der Waals surface area contributed by atoms with E-state index in [0.717, 1.165) is 42.6 Å². The van der Waals surface area contributed by atoms with Gasteiger partial charge in [0.1, 0.15) is 5.15 Å². The third kappa shape index (κ3) is 3.36. The highest BCUT2D eigenvalue weighted by Crippen LogP contribution is 2.20. The number of halogens is 1. The molecule has 0 aromatic carbocycles. The van der Waals surface area contributed by atoms with Crippen LogP contribution < -0.4 is 0 Å². The zero-order valence-electron chi connectivity index (χ0n) is 11.7. The monoisotopic (exact) mass is 281 g/mol. The second kappa shape index (κ2) is 6.21. The lowest BCUT2D eigenvalue weighted by atomic mass is 10.2. The van der Waals surface area contributed by atoms with Crippen molar-refractivity contribution in [2.24, 2.45) is 7.05 Å². The van der Waals surface area contributed by atoms with Crippen LogP contribution in [0.3, 0.4) is 0 Å². The highest BCUT2D eigenvalue weighted by atomic mass is 35.5. The van der Waals surface area contributed by atoms with Crippen LogP contribution >= 0.6 is 11.6 Å². The summed E-state index contributed by atoms with van der Waals surface area (Å²) in [4.78, 5) is 2.34. The van der Waals surface area contributed by atoms with E-state index in [-0.39, 0.29) is 0 Å². The van der Waals surface area contributed by atoms with E-state index in [4.69, 9.17) is 11.6 Å². The van der Waals surface area contributed by atoms with Crippen molar-refractivity contribution in [1.82, 2.24) is 24.5 Å². The number of hydrogen-bond donors (Lipinski definition) is 0. The van der Waals surface area contributed by atoms with E-state index in [1.54, 1.807) is 10.9 Å². The third-order valence-corrected chi connectivity index (χ3v) is 3.78. The number of likely N-dealkylation sites (N-methyl/N-ethyl adjacent to an activating group) is 1. The highest BCUT2D eigenvalue weighted by Gasteiger charge is 2.14. The van der Waals surface area contributed by atoms with Gasteiger partial charge in [0.15, 0.2) is 0 Å². The van der Waals surface area contributed by atoms with Crippen molar-refractivity contribution in [2.45, 2.75) is 26.9 Å². The van der Waals surface area contributed by atoms with E-state index in [1.807, 2.05) is 30.9 Å². The molecule has 0 aliphatic carbocycles. The van der Waals surface area contributed by atoms with Gasteiger partial charge < -0.3 is 0 Å². The van der Waals surface area contributed by atoms with Crippen molar-refractivity contribution < 1.29 is 0 Å². The molecule has 0 unspecified atom stereocenters. The maximum atomic E-state index is 6.27. The minimum absolute atomic E-state index is 0.732. The molecule has 0 saturated heterocycles. The summed E-state index contributed by atoms with van der Waals surface area (Å²) in [5.74, 6) is 0. The fraction of sp³-hybridized carbons (Fsp3) is 0.538. The third-order valence-electron chi connectivity index (χ3n) is 3.30. The van der Waals surface area contributed by atoms with Gasteiger partial charge in [-0.15, -0.1) is 0 Å². The molecule has 0 N–H and O–H groups in total. The lowest BCUT2D eigenvalue weighted by molar-refractivity contribution is 0.263. The Balaban J connectivity index is 1.98. The van der Waals surface area contributed by atoms with Crippen LogP contribution in [0.4, 0.5) is 0 Å². The first-order valence-electron chi connectivity index (χ1n) is 6.49. The highest BCUT2D eigenvalue weighted by molar-refractivity contribution is 6.30. The van der Waals surface area contributed by atoms with Crippen LogP contribution in [0.25, 0.3) is 0 Å². The number of aryl methyl sites for hydroxylation is 2. The Morgan fingerprint density at radius 3 is 2.74 bits per heavy atom. The van der Waals surface area contributed by atoms with E-state index < -0.39 is 0 Å². The standard InChI is InChI=1S/C13H20ClN5/c1-4-18(8-9-19-7-5-6-15-19)10-12-11(2)16-17(3)13(12)14/h5-7H,4,8-10H2,1-3H3. The molecule has 0 spiro atoms. The lowest BCUT2D eigenvalue weighted by Gasteiger charge is -2.20. The molecule has 0 amide bonds. The molecule has 104 valence electrons. The molecule has 2 heterocycles. The van der Waals surface area contributed by atoms with Crippen LogP contribution in [0.5, 0.6) is 0 Å². The summed E-state index contributed by atoms with van der Waals surface area (Å²) in [6.07, 6.45) is 3.79. The molecule has 0 aliphatic rings. The summed E-state index contributed by atoms with van der Waals surface area (Å²) in [5.41, 5.74) is 2.12. The zero-order chi connectivity index (χ0) is 13.8. The van der Waals surface area contributed by atoms with Gasteiger partial charge in [0.05, 0.1) is 12.2 Å². The Morgan fingerprint density at radius 2 is 2.21 bits per heavy atom. The Morgan fingerprint density at radius 1 is 1.42 bits per heavy atom. The fourth-order valence-electron chi connectivity index (χ4n) is 2.10. The first-order chi connectivity index (χ1) is 9.11. The van der Waals surface area contributed by atoms with E-state index >= 15 is 0 Å². The number of rotatable bonds is 6. The Labute approximate surface area is 118 Å². The van der Waals surface area contributed by atoms with Gasteiger partial charge >= 0.3 is 0 Å². The molecule has 19 heavy (non-hydrogen) atoms. The van der Waals surface area contributed by atoms with Gasteiger partial charge in [-0.2, -0.15) is 10.2 Å². The molecule has 5 nitrogen and oxygen atoms in total. The van der Waals surface area contributed by atoms with Gasteiger partial charge in [0, 0.05) is 38.1 Å². The quantitative estimate of drug-likeness (QED) is 0.814. The number of aromatic nitrogens is 4. The Kier molecular flexibility index (Phi) is 4.61. The average molecular weight is 282 g/mol. The van der Waals surface area contributed by atoms with Crippen LogP contribution in [0.1, 0.15) is 18.2 Å².